The van der Waals surface area contributed by atoms with Gasteiger partial charge in [0, 0.05) is 25.3 Å². The average Bonchev–Trinajstić information content (AvgIpc) is 2.74. The summed E-state index contributed by atoms with van der Waals surface area (Å²) in [7, 11) is 1.28. The SMILES string of the molecule is COC1=C(NC(CCC(N)=O)COC2C(CO)OC(O)C(O)C2O)CC(O)(CO)CC1=O. The van der Waals surface area contributed by atoms with Gasteiger partial charge in [0.2, 0.25) is 11.7 Å². The zero-order valence-corrected chi connectivity index (χ0v) is 17.7. The van der Waals surface area contributed by atoms with Crippen LogP contribution in [-0.2, 0) is 23.8 Å². The molecule has 0 aromatic heterocycles. The lowest BCUT2D eigenvalue weighted by atomic mass is 9.85. The fraction of sp³-hybridized carbons (Fsp3) is 0.789. The summed E-state index contributed by atoms with van der Waals surface area (Å²) in [6, 6.07) is -0.688. The maximum absolute atomic E-state index is 12.3. The highest BCUT2D eigenvalue weighted by Crippen LogP contribution is 2.30. The van der Waals surface area contributed by atoms with Gasteiger partial charge in [-0.15, -0.1) is 0 Å². The van der Waals surface area contributed by atoms with Gasteiger partial charge in [-0.05, 0) is 6.42 Å². The van der Waals surface area contributed by atoms with Crippen LogP contribution < -0.4 is 11.1 Å². The molecule has 0 aromatic carbocycles. The lowest BCUT2D eigenvalue weighted by Crippen LogP contribution is -2.60. The molecule has 2 rings (SSSR count). The second-order valence-corrected chi connectivity index (χ2v) is 8.04. The number of carbonyl (C=O) groups excluding carboxylic acids is 2. The summed E-state index contributed by atoms with van der Waals surface area (Å²) in [6.07, 6.45) is -7.70. The molecule has 1 aliphatic heterocycles. The highest BCUT2D eigenvalue weighted by Gasteiger charge is 2.45. The third kappa shape index (κ3) is 6.36. The summed E-state index contributed by atoms with van der Waals surface area (Å²) in [5.74, 6) is -1.17. The van der Waals surface area contributed by atoms with E-state index >= 15 is 0 Å². The molecule has 13 heteroatoms. The van der Waals surface area contributed by atoms with Gasteiger partial charge in [0.1, 0.15) is 30.0 Å². The molecule has 1 saturated heterocycles. The molecule has 0 aromatic rings. The standard InChI is InChI=1S/C19H32N2O11/c1-30-16-10(4-19(29,8-23)5-11(16)24)21-9(2-3-13(20)25)7-31-17-12(6-22)32-18(28)15(27)14(17)26/h9,12,14-15,17-18,21-23,26-29H,2-8H2,1H3,(H2,20,25). The first-order chi connectivity index (χ1) is 15.0. The first-order valence-electron chi connectivity index (χ1n) is 10.2. The molecule has 0 spiro atoms. The van der Waals surface area contributed by atoms with Gasteiger partial charge in [-0.2, -0.15) is 0 Å². The van der Waals surface area contributed by atoms with Gasteiger partial charge in [0.25, 0.3) is 0 Å². The smallest absolute Gasteiger partial charge is 0.217 e. The molecule has 7 atom stereocenters. The minimum Gasteiger partial charge on any atom is -0.491 e. The maximum Gasteiger partial charge on any atom is 0.217 e. The molecule has 1 aliphatic carbocycles. The molecular weight excluding hydrogens is 432 g/mol. The quantitative estimate of drug-likeness (QED) is 0.146. The number of carbonyl (C=O) groups is 2. The van der Waals surface area contributed by atoms with Crippen molar-refractivity contribution in [3.05, 3.63) is 11.5 Å². The fourth-order valence-corrected chi connectivity index (χ4v) is 3.74. The van der Waals surface area contributed by atoms with Crippen molar-refractivity contribution in [1.29, 1.82) is 0 Å². The van der Waals surface area contributed by atoms with Crippen molar-refractivity contribution in [1.82, 2.24) is 5.32 Å². The van der Waals surface area contributed by atoms with Crippen LogP contribution in [0.15, 0.2) is 11.5 Å². The number of aliphatic hydroxyl groups is 6. The Morgan fingerprint density at radius 1 is 1.28 bits per heavy atom. The van der Waals surface area contributed by atoms with E-state index in [4.69, 9.17) is 19.9 Å². The first-order valence-corrected chi connectivity index (χ1v) is 10.2. The number of aliphatic hydroxyl groups excluding tert-OH is 5. The van der Waals surface area contributed by atoms with Crippen LogP contribution in [0.2, 0.25) is 0 Å². The van der Waals surface area contributed by atoms with Crippen LogP contribution in [-0.4, -0.2) is 112 Å². The van der Waals surface area contributed by atoms with Crippen LogP contribution >= 0.6 is 0 Å². The molecule has 0 saturated carbocycles. The van der Waals surface area contributed by atoms with Gasteiger partial charge >= 0.3 is 0 Å². The van der Waals surface area contributed by atoms with E-state index in [2.05, 4.69) is 5.32 Å². The average molecular weight is 464 g/mol. The van der Waals surface area contributed by atoms with E-state index in [0.29, 0.717) is 0 Å². The summed E-state index contributed by atoms with van der Waals surface area (Å²) >= 11 is 0. The highest BCUT2D eigenvalue weighted by molar-refractivity contribution is 5.95. The Kier molecular flexibility index (Phi) is 9.36. The highest BCUT2D eigenvalue weighted by atomic mass is 16.7. The molecule has 1 amide bonds. The number of ketones is 1. The number of nitrogens with two attached hydrogens (primary N) is 1. The van der Waals surface area contributed by atoms with Crippen molar-refractivity contribution < 1.29 is 54.4 Å². The van der Waals surface area contributed by atoms with E-state index < -0.39 is 67.3 Å². The molecule has 13 nitrogen and oxygen atoms in total. The molecule has 32 heavy (non-hydrogen) atoms. The predicted octanol–water partition coefficient (Wildman–Crippen LogP) is -4.03. The second-order valence-electron chi connectivity index (χ2n) is 8.04. The Hall–Kier alpha value is -1.84. The zero-order chi connectivity index (χ0) is 24.1. The van der Waals surface area contributed by atoms with Crippen molar-refractivity contribution in [2.75, 3.05) is 26.9 Å². The van der Waals surface area contributed by atoms with E-state index in [0.717, 1.165) is 0 Å². The summed E-state index contributed by atoms with van der Waals surface area (Å²) in [4.78, 5) is 23.6. The molecule has 184 valence electrons. The van der Waals surface area contributed by atoms with Crippen LogP contribution in [0.25, 0.3) is 0 Å². The van der Waals surface area contributed by atoms with Crippen molar-refractivity contribution >= 4 is 11.7 Å². The number of primary amides is 1. The van der Waals surface area contributed by atoms with Gasteiger partial charge in [-0.25, -0.2) is 0 Å². The minimum atomic E-state index is -1.70. The summed E-state index contributed by atoms with van der Waals surface area (Å²) in [6.45, 7) is -1.47. The van der Waals surface area contributed by atoms with Crippen LogP contribution in [0, 0.1) is 0 Å². The topological polar surface area (TPSA) is 221 Å². The molecule has 0 radical (unpaired) electrons. The van der Waals surface area contributed by atoms with Crippen molar-refractivity contribution in [3.8, 4) is 0 Å². The fourth-order valence-electron chi connectivity index (χ4n) is 3.74. The van der Waals surface area contributed by atoms with Crippen molar-refractivity contribution in [3.63, 3.8) is 0 Å². The van der Waals surface area contributed by atoms with E-state index in [-0.39, 0.29) is 43.7 Å². The number of rotatable bonds is 11. The predicted molar refractivity (Wildman–Crippen MR) is 105 cm³/mol. The number of nitrogens with one attached hydrogen (secondary N) is 1. The Morgan fingerprint density at radius 3 is 2.53 bits per heavy atom. The third-order valence-electron chi connectivity index (χ3n) is 5.47. The Bertz CT molecular complexity index is 701. The molecule has 0 bridgehead atoms. The van der Waals surface area contributed by atoms with Crippen LogP contribution in [0.4, 0.5) is 0 Å². The van der Waals surface area contributed by atoms with Crippen LogP contribution in [0.3, 0.4) is 0 Å². The lowest BCUT2D eigenvalue weighted by molar-refractivity contribution is -0.294. The Balaban J connectivity index is 2.18. The van der Waals surface area contributed by atoms with Crippen LogP contribution in [0.5, 0.6) is 0 Å². The first kappa shape index (κ1) is 26.4. The summed E-state index contributed by atoms with van der Waals surface area (Å²) in [5, 5.41) is 62.0. The second kappa shape index (κ2) is 11.3. The normalized spacial score (nSPS) is 34.3. The Labute approximate surface area is 184 Å². The van der Waals surface area contributed by atoms with Gasteiger partial charge < -0.3 is 55.9 Å². The molecular formula is C19H32N2O11. The maximum atomic E-state index is 12.3. The monoisotopic (exact) mass is 464 g/mol. The third-order valence-corrected chi connectivity index (χ3v) is 5.47. The van der Waals surface area contributed by atoms with Crippen molar-refractivity contribution in [2.45, 2.75) is 68.0 Å². The molecule has 2 aliphatic rings. The lowest BCUT2D eigenvalue weighted by Gasteiger charge is -2.40. The van der Waals surface area contributed by atoms with E-state index in [1.807, 2.05) is 0 Å². The molecule has 7 unspecified atom stereocenters. The van der Waals surface area contributed by atoms with Gasteiger partial charge in [-0.1, -0.05) is 0 Å². The number of allylic oxidation sites excluding steroid dienone is 1. The minimum absolute atomic E-state index is 0.0417. The molecule has 1 fully saturated rings. The summed E-state index contributed by atoms with van der Waals surface area (Å²) < 4.78 is 15.8. The number of amides is 1. The Morgan fingerprint density at radius 2 is 1.97 bits per heavy atom. The molecule has 1 heterocycles. The van der Waals surface area contributed by atoms with E-state index in [1.54, 1.807) is 0 Å². The molecule has 9 N–H and O–H groups in total. The number of hydrogen-bond acceptors (Lipinski definition) is 12. The summed E-state index contributed by atoms with van der Waals surface area (Å²) in [5.41, 5.74) is 3.73. The van der Waals surface area contributed by atoms with Crippen LogP contribution in [0.1, 0.15) is 25.7 Å². The van der Waals surface area contributed by atoms with Crippen molar-refractivity contribution in [2.24, 2.45) is 5.73 Å². The van der Waals surface area contributed by atoms with Gasteiger partial charge in [-0.3, -0.25) is 9.59 Å². The van der Waals surface area contributed by atoms with E-state index in [9.17, 15) is 40.2 Å². The van der Waals surface area contributed by atoms with Gasteiger partial charge in [0.15, 0.2) is 12.0 Å². The zero-order valence-electron chi connectivity index (χ0n) is 17.7. The number of hydrogen-bond donors (Lipinski definition) is 8. The van der Waals surface area contributed by atoms with Gasteiger partial charge in [0.05, 0.1) is 32.6 Å². The number of ether oxygens (including phenoxy) is 3. The van der Waals surface area contributed by atoms with E-state index in [1.165, 1.54) is 7.11 Å². The largest absolute Gasteiger partial charge is 0.491 e. The number of Topliss-reactive ketones (excluding diaryl/α,β-unsaturated/α-hetero) is 1. The number of methoxy groups -OCH3 is 1.